The second-order valence-corrected chi connectivity index (χ2v) is 7.97. The van der Waals surface area contributed by atoms with Crippen molar-refractivity contribution in [3.63, 3.8) is 0 Å². The molecule has 1 atom stereocenters. The number of hydrogen-bond donors (Lipinski definition) is 1. The van der Waals surface area contributed by atoms with Crippen molar-refractivity contribution in [2.75, 3.05) is 19.5 Å². The summed E-state index contributed by atoms with van der Waals surface area (Å²) in [6, 6.07) is 13.2. The maximum Gasteiger partial charge on any atom is 0.230 e. The Bertz CT molecular complexity index is 980. The fourth-order valence-corrected chi connectivity index (χ4v) is 3.74. The largest absolute Gasteiger partial charge is 0.383 e. The predicted molar refractivity (Wildman–Crippen MR) is 116 cm³/mol. The molecular weight excluding hydrogens is 427 g/mol. The number of carbonyl (C=O) groups is 1. The van der Waals surface area contributed by atoms with Crippen molar-refractivity contribution in [1.82, 2.24) is 20.1 Å². The minimum atomic E-state index is -0.306. The average Bonchev–Trinajstić information content (AvgIpc) is 3.14. The summed E-state index contributed by atoms with van der Waals surface area (Å²) < 4.78 is 20.2. The van der Waals surface area contributed by atoms with Crippen molar-refractivity contribution in [1.29, 1.82) is 0 Å². The summed E-state index contributed by atoms with van der Waals surface area (Å²) in [5, 5.41) is 12.7. The van der Waals surface area contributed by atoms with Gasteiger partial charge in [-0.25, -0.2) is 4.39 Å². The molecule has 2 aromatic carbocycles. The van der Waals surface area contributed by atoms with E-state index in [1.54, 1.807) is 31.4 Å². The highest BCUT2D eigenvalue weighted by molar-refractivity contribution is 7.99. The van der Waals surface area contributed by atoms with E-state index in [1.165, 1.54) is 23.9 Å². The molecule has 0 aliphatic carbocycles. The van der Waals surface area contributed by atoms with E-state index in [0.717, 1.165) is 11.1 Å². The number of halogens is 2. The lowest BCUT2D eigenvalue weighted by Crippen LogP contribution is -2.28. The number of benzene rings is 2. The Morgan fingerprint density at radius 3 is 2.57 bits per heavy atom. The summed E-state index contributed by atoms with van der Waals surface area (Å²) >= 11 is 7.28. The van der Waals surface area contributed by atoms with Gasteiger partial charge in [0.05, 0.1) is 24.9 Å². The SMILES string of the molecule is COCCn1c(SCC(=O)N[C@@H](C)c2ccc(F)cc2)nnc1-c1ccc(Cl)cc1. The zero-order valence-electron chi connectivity index (χ0n) is 16.6. The van der Waals surface area contributed by atoms with Crippen LogP contribution in [0.25, 0.3) is 11.4 Å². The molecule has 0 spiro atoms. The Hall–Kier alpha value is -2.42. The predicted octanol–water partition coefficient (Wildman–Crippen LogP) is 4.35. The van der Waals surface area contributed by atoms with Crippen LogP contribution in [0.5, 0.6) is 0 Å². The van der Waals surface area contributed by atoms with E-state index in [-0.39, 0.29) is 23.5 Å². The van der Waals surface area contributed by atoms with Crippen molar-refractivity contribution >= 4 is 29.3 Å². The molecule has 0 aliphatic rings. The fraction of sp³-hybridized carbons (Fsp3) is 0.286. The lowest BCUT2D eigenvalue weighted by molar-refractivity contribution is -0.119. The fourth-order valence-electron chi connectivity index (χ4n) is 2.84. The van der Waals surface area contributed by atoms with Crippen molar-refractivity contribution in [3.8, 4) is 11.4 Å². The summed E-state index contributed by atoms with van der Waals surface area (Å²) in [5.74, 6) is 0.411. The number of aromatic nitrogens is 3. The molecule has 0 bridgehead atoms. The molecule has 1 N–H and O–H groups in total. The van der Waals surface area contributed by atoms with Crippen LogP contribution in [0.4, 0.5) is 4.39 Å². The quantitative estimate of drug-likeness (QED) is 0.493. The van der Waals surface area contributed by atoms with Gasteiger partial charge in [-0.05, 0) is 48.9 Å². The molecule has 6 nitrogen and oxygen atoms in total. The number of hydrogen-bond acceptors (Lipinski definition) is 5. The molecule has 3 aromatic rings. The molecule has 1 aromatic heterocycles. The maximum atomic E-state index is 13.1. The Kier molecular flexibility index (Phi) is 7.84. The number of ether oxygens (including phenoxy) is 1. The number of carbonyl (C=O) groups excluding carboxylic acids is 1. The smallest absolute Gasteiger partial charge is 0.230 e. The minimum absolute atomic E-state index is 0.147. The molecule has 1 heterocycles. The average molecular weight is 449 g/mol. The Morgan fingerprint density at radius 1 is 1.20 bits per heavy atom. The highest BCUT2D eigenvalue weighted by Crippen LogP contribution is 2.25. The van der Waals surface area contributed by atoms with Gasteiger partial charge in [-0.3, -0.25) is 9.36 Å². The maximum absolute atomic E-state index is 13.1. The third-order valence-corrected chi connectivity index (χ3v) is 5.64. The molecule has 0 radical (unpaired) electrons. The van der Waals surface area contributed by atoms with Crippen LogP contribution in [0.15, 0.2) is 53.7 Å². The van der Waals surface area contributed by atoms with Gasteiger partial charge in [0.15, 0.2) is 11.0 Å². The number of nitrogens with one attached hydrogen (secondary N) is 1. The van der Waals surface area contributed by atoms with Crippen molar-refractivity contribution < 1.29 is 13.9 Å². The van der Waals surface area contributed by atoms with E-state index in [0.29, 0.717) is 29.2 Å². The standard InChI is InChI=1S/C21H22ClFN4O2S/c1-14(15-5-9-18(23)10-6-15)24-19(28)13-30-21-26-25-20(27(21)11-12-29-2)16-3-7-17(22)8-4-16/h3-10,14H,11-13H2,1-2H3,(H,24,28)/t14-/m0/s1. The van der Waals surface area contributed by atoms with Gasteiger partial charge in [-0.1, -0.05) is 35.5 Å². The summed E-state index contributed by atoms with van der Waals surface area (Å²) in [5.41, 5.74) is 1.72. The summed E-state index contributed by atoms with van der Waals surface area (Å²) in [6.45, 7) is 2.90. The van der Waals surface area contributed by atoms with Crippen molar-refractivity contribution in [3.05, 3.63) is 64.9 Å². The van der Waals surface area contributed by atoms with Crippen LogP contribution < -0.4 is 5.32 Å². The highest BCUT2D eigenvalue weighted by atomic mass is 35.5. The number of methoxy groups -OCH3 is 1. The van der Waals surface area contributed by atoms with Gasteiger partial charge >= 0.3 is 0 Å². The number of rotatable bonds is 9. The summed E-state index contributed by atoms with van der Waals surface area (Å²) in [6.07, 6.45) is 0. The monoisotopic (exact) mass is 448 g/mol. The lowest BCUT2D eigenvalue weighted by Gasteiger charge is -2.14. The normalized spacial score (nSPS) is 12.0. The summed E-state index contributed by atoms with van der Waals surface area (Å²) in [7, 11) is 1.63. The van der Waals surface area contributed by atoms with Gasteiger partial charge in [-0.2, -0.15) is 0 Å². The zero-order chi connectivity index (χ0) is 21.5. The second-order valence-electron chi connectivity index (χ2n) is 6.59. The molecule has 1 amide bonds. The molecule has 0 unspecified atom stereocenters. The van der Waals surface area contributed by atoms with E-state index in [9.17, 15) is 9.18 Å². The highest BCUT2D eigenvalue weighted by Gasteiger charge is 2.17. The van der Waals surface area contributed by atoms with Crippen LogP contribution in [0.2, 0.25) is 5.02 Å². The molecule has 158 valence electrons. The molecule has 0 fully saturated rings. The van der Waals surface area contributed by atoms with E-state index in [4.69, 9.17) is 16.3 Å². The van der Waals surface area contributed by atoms with Gasteiger partial charge in [0.25, 0.3) is 0 Å². The number of thioether (sulfide) groups is 1. The molecule has 0 aliphatic heterocycles. The number of amides is 1. The lowest BCUT2D eigenvalue weighted by atomic mass is 10.1. The Balaban J connectivity index is 1.67. The van der Waals surface area contributed by atoms with Crippen molar-refractivity contribution in [2.45, 2.75) is 24.7 Å². The van der Waals surface area contributed by atoms with Crippen LogP contribution in [0.3, 0.4) is 0 Å². The molecule has 9 heteroatoms. The topological polar surface area (TPSA) is 69.0 Å². The van der Waals surface area contributed by atoms with Crippen LogP contribution >= 0.6 is 23.4 Å². The minimum Gasteiger partial charge on any atom is -0.383 e. The van der Waals surface area contributed by atoms with Gasteiger partial charge in [0, 0.05) is 17.7 Å². The first-order chi connectivity index (χ1) is 14.5. The number of nitrogens with zero attached hydrogens (tertiary/aromatic N) is 3. The van der Waals surface area contributed by atoms with Crippen LogP contribution in [0.1, 0.15) is 18.5 Å². The first-order valence-electron chi connectivity index (χ1n) is 9.33. The van der Waals surface area contributed by atoms with E-state index >= 15 is 0 Å². The van der Waals surface area contributed by atoms with Crippen LogP contribution in [0, 0.1) is 5.82 Å². The molecule has 30 heavy (non-hydrogen) atoms. The third kappa shape index (κ3) is 5.81. The van der Waals surface area contributed by atoms with E-state index < -0.39 is 0 Å². The summed E-state index contributed by atoms with van der Waals surface area (Å²) in [4.78, 5) is 12.4. The molecule has 0 saturated heterocycles. The zero-order valence-corrected chi connectivity index (χ0v) is 18.2. The first-order valence-corrected chi connectivity index (χ1v) is 10.7. The van der Waals surface area contributed by atoms with Gasteiger partial charge in [-0.15, -0.1) is 10.2 Å². The molecule has 0 saturated carbocycles. The van der Waals surface area contributed by atoms with Crippen LogP contribution in [-0.4, -0.2) is 40.1 Å². The Morgan fingerprint density at radius 2 is 1.90 bits per heavy atom. The van der Waals surface area contributed by atoms with Crippen LogP contribution in [-0.2, 0) is 16.1 Å². The van der Waals surface area contributed by atoms with Gasteiger partial charge in [0.1, 0.15) is 5.82 Å². The molecular formula is C21H22ClFN4O2S. The van der Waals surface area contributed by atoms with Gasteiger partial charge < -0.3 is 10.1 Å². The van der Waals surface area contributed by atoms with E-state index in [2.05, 4.69) is 15.5 Å². The first kappa shape index (κ1) is 22.3. The van der Waals surface area contributed by atoms with Gasteiger partial charge in [0.2, 0.25) is 5.91 Å². The van der Waals surface area contributed by atoms with Crippen molar-refractivity contribution in [2.24, 2.45) is 0 Å². The van der Waals surface area contributed by atoms with E-state index in [1.807, 2.05) is 23.6 Å². The second kappa shape index (κ2) is 10.6. The Labute approximate surface area is 183 Å². The molecule has 3 rings (SSSR count). The third-order valence-electron chi connectivity index (χ3n) is 4.42.